The maximum atomic E-state index is 12.2. The largest absolute Gasteiger partial charge is 0.456 e. The maximum absolute atomic E-state index is 12.2. The van der Waals surface area contributed by atoms with Gasteiger partial charge in [0.25, 0.3) is 5.91 Å². The zero-order valence-electron chi connectivity index (χ0n) is 13.6. The van der Waals surface area contributed by atoms with E-state index >= 15 is 0 Å². The van der Waals surface area contributed by atoms with Gasteiger partial charge in [-0.15, -0.1) is 0 Å². The molecule has 0 saturated carbocycles. The van der Waals surface area contributed by atoms with E-state index in [1.54, 1.807) is 30.5 Å². The van der Waals surface area contributed by atoms with Crippen LogP contribution in [0.1, 0.15) is 20.7 Å². The van der Waals surface area contributed by atoms with Gasteiger partial charge in [-0.05, 0) is 30.3 Å². The number of aromatic amines is 1. The molecule has 6 nitrogen and oxygen atoms in total. The van der Waals surface area contributed by atoms with Gasteiger partial charge in [-0.25, -0.2) is 0 Å². The van der Waals surface area contributed by atoms with E-state index in [0.717, 1.165) is 15.4 Å². The van der Waals surface area contributed by atoms with E-state index in [9.17, 15) is 14.4 Å². The molecule has 0 atom stereocenters. The van der Waals surface area contributed by atoms with Crippen LogP contribution in [0.5, 0.6) is 0 Å². The number of halogens is 1. The van der Waals surface area contributed by atoms with Crippen LogP contribution in [-0.2, 0) is 9.53 Å². The number of Topliss-reactive ketones (excluding diaryl/α,β-unsaturated/α-hetero) is 1. The Labute approximate surface area is 157 Å². The minimum absolute atomic E-state index is 0.309. The monoisotopic (exact) mass is 414 g/mol. The number of rotatable bonds is 6. The number of hydrogen-bond donors (Lipinski definition) is 2. The Kier molecular flexibility index (Phi) is 5.48. The quantitative estimate of drug-likeness (QED) is 0.479. The summed E-state index contributed by atoms with van der Waals surface area (Å²) in [7, 11) is 0. The molecule has 1 amide bonds. The molecule has 3 aromatic rings. The second kappa shape index (κ2) is 7.97. The number of nitrogens with one attached hydrogen (secondary N) is 2. The number of para-hydroxylation sites is 1. The van der Waals surface area contributed by atoms with Crippen LogP contribution < -0.4 is 5.32 Å². The maximum Gasteiger partial charge on any atom is 0.325 e. The van der Waals surface area contributed by atoms with E-state index < -0.39 is 11.9 Å². The lowest BCUT2D eigenvalue weighted by Crippen LogP contribution is -2.31. The zero-order chi connectivity index (χ0) is 18.5. The Hall–Kier alpha value is -2.93. The lowest BCUT2D eigenvalue weighted by Gasteiger charge is -2.06. The van der Waals surface area contributed by atoms with Crippen molar-refractivity contribution in [2.24, 2.45) is 0 Å². The van der Waals surface area contributed by atoms with Crippen molar-refractivity contribution >= 4 is 44.5 Å². The second-order valence-electron chi connectivity index (χ2n) is 5.52. The smallest absolute Gasteiger partial charge is 0.325 e. The Morgan fingerprint density at radius 3 is 2.54 bits per heavy atom. The van der Waals surface area contributed by atoms with Crippen LogP contribution in [0.4, 0.5) is 0 Å². The number of amides is 1. The molecule has 0 bridgehead atoms. The summed E-state index contributed by atoms with van der Waals surface area (Å²) in [4.78, 5) is 38.9. The normalized spacial score (nSPS) is 10.5. The van der Waals surface area contributed by atoms with Gasteiger partial charge in [0.05, 0.1) is 0 Å². The molecule has 0 saturated heterocycles. The third kappa shape index (κ3) is 4.18. The molecule has 1 aromatic heterocycles. The topological polar surface area (TPSA) is 88.3 Å². The Morgan fingerprint density at radius 2 is 1.77 bits per heavy atom. The van der Waals surface area contributed by atoms with E-state index in [1.807, 2.05) is 24.3 Å². The number of H-pyrrole nitrogens is 1. The zero-order valence-corrected chi connectivity index (χ0v) is 15.2. The fourth-order valence-corrected chi connectivity index (χ4v) is 2.70. The van der Waals surface area contributed by atoms with Gasteiger partial charge < -0.3 is 15.0 Å². The molecule has 7 heteroatoms. The van der Waals surface area contributed by atoms with Gasteiger partial charge in [-0.2, -0.15) is 0 Å². The number of fused-ring (bicyclic) bond motifs is 1. The van der Waals surface area contributed by atoms with Crippen molar-refractivity contribution in [3.05, 3.63) is 70.3 Å². The predicted molar refractivity (Wildman–Crippen MR) is 100 cm³/mol. The number of benzene rings is 2. The van der Waals surface area contributed by atoms with E-state index in [4.69, 9.17) is 4.74 Å². The van der Waals surface area contributed by atoms with Crippen LogP contribution in [0, 0.1) is 0 Å². The average Bonchev–Trinajstić information content (AvgIpc) is 3.09. The number of carbonyl (C=O) groups is 3. The molecule has 0 aliphatic carbocycles. The van der Waals surface area contributed by atoms with Crippen LogP contribution in [0.3, 0.4) is 0 Å². The van der Waals surface area contributed by atoms with Crippen molar-refractivity contribution in [1.82, 2.24) is 10.3 Å². The minimum Gasteiger partial charge on any atom is -0.456 e. The third-order valence-corrected chi connectivity index (χ3v) is 4.28. The highest BCUT2D eigenvalue weighted by Crippen LogP contribution is 2.18. The number of hydrogen-bond acceptors (Lipinski definition) is 4. The van der Waals surface area contributed by atoms with Crippen molar-refractivity contribution in [1.29, 1.82) is 0 Å². The first-order chi connectivity index (χ1) is 12.5. The fraction of sp³-hybridized carbons (Fsp3) is 0.105. The highest BCUT2D eigenvalue weighted by Gasteiger charge is 2.15. The molecule has 2 N–H and O–H groups in total. The number of esters is 1. The SMILES string of the molecule is O=C(CNC(=O)c1ccc(Br)cc1)OCC(=O)c1c[nH]c2ccccc12. The molecule has 0 aliphatic rings. The molecule has 0 unspecified atom stereocenters. The van der Waals surface area contributed by atoms with E-state index in [0.29, 0.717) is 11.1 Å². The molecule has 2 aromatic carbocycles. The van der Waals surface area contributed by atoms with E-state index in [1.165, 1.54) is 0 Å². The molecule has 132 valence electrons. The van der Waals surface area contributed by atoms with Crippen molar-refractivity contribution in [2.75, 3.05) is 13.2 Å². The average molecular weight is 415 g/mol. The van der Waals surface area contributed by atoms with Gasteiger partial charge in [-0.1, -0.05) is 34.1 Å². The first kappa shape index (κ1) is 17.9. The minimum atomic E-state index is -0.677. The van der Waals surface area contributed by atoms with Crippen molar-refractivity contribution in [3.8, 4) is 0 Å². The van der Waals surface area contributed by atoms with Crippen molar-refractivity contribution < 1.29 is 19.1 Å². The van der Waals surface area contributed by atoms with Crippen molar-refractivity contribution in [2.45, 2.75) is 0 Å². The molecular weight excluding hydrogens is 400 g/mol. The molecule has 0 aliphatic heterocycles. The molecule has 0 radical (unpaired) electrons. The van der Waals surface area contributed by atoms with Gasteiger partial charge in [-0.3, -0.25) is 14.4 Å². The van der Waals surface area contributed by atoms with Gasteiger partial charge in [0.15, 0.2) is 6.61 Å². The summed E-state index contributed by atoms with van der Waals surface area (Å²) in [5, 5.41) is 3.24. The number of aromatic nitrogens is 1. The van der Waals surface area contributed by atoms with Gasteiger partial charge in [0.1, 0.15) is 6.54 Å². The highest BCUT2D eigenvalue weighted by molar-refractivity contribution is 9.10. The molecular formula is C19H15BrN2O4. The summed E-state index contributed by atoms with van der Waals surface area (Å²) in [6.45, 7) is -0.690. The van der Waals surface area contributed by atoms with Crippen LogP contribution in [-0.4, -0.2) is 35.8 Å². The molecule has 3 rings (SSSR count). The summed E-state index contributed by atoms with van der Waals surface area (Å²) >= 11 is 3.28. The fourth-order valence-electron chi connectivity index (χ4n) is 2.43. The number of ketones is 1. The highest BCUT2D eigenvalue weighted by atomic mass is 79.9. The number of ether oxygens (including phenoxy) is 1. The lowest BCUT2D eigenvalue weighted by molar-refractivity contribution is -0.141. The summed E-state index contributed by atoms with van der Waals surface area (Å²) < 4.78 is 5.81. The van der Waals surface area contributed by atoms with E-state index in [2.05, 4.69) is 26.2 Å². The van der Waals surface area contributed by atoms with Crippen LogP contribution in [0.15, 0.2) is 59.2 Å². The van der Waals surface area contributed by atoms with Crippen LogP contribution >= 0.6 is 15.9 Å². The van der Waals surface area contributed by atoms with Gasteiger partial charge in [0, 0.05) is 32.7 Å². The summed E-state index contributed by atoms with van der Waals surface area (Å²) in [5.74, 6) is -1.38. The van der Waals surface area contributed by atoms with Crippen molar-refractivity contribution in [3.63, 3.8) is 0 Å². The standard InChI is InChI=1S/C19H15BrN2O4/c20-13-7-5-12(6-8-13)19(25)22-10-18(24)26-11-17(23)15-9-21-16-4-2-1-3-14(15)16/h1-9,21H,10-11H2,(H,22,25). The Bertz CT molecular complexity index is 963. The second-order valence-corrected chi connectivity index (χ2v) is 6.44. The third-order valence-electron chi connectivity index (χ3n) is 3.75. The Morgan fingerprint density at radius 1 is 1.04 bits per heavy atom. The molecule has 1 heterocycles. The van der Waals surface area contributed by atoms with E-state index in [-0.39, 0.29) is 18.9 Å². The summed E-state index contributed by atoms with van der Waals surface area (Å²) in [6, 6.07) is 14.1. The number of carbonyl (C=O) groups excluding carboxylic acids is 3. The van der Waals surface area contributed by atoms with Crippen LogP contribution in [0.25, 0.3) is 10.9 Å². The Balaban J connectivity index is 1.50. The summed E-state index contributed by atoms with van der Waals surface area (Å²) in [5.41, 5.74) is 1.73. The predicted octanol–water partition coefficient (Wildman–Crippen LogP) is 3.09. The lowest BCUT2D eigenvalue weighted by atomic mass is 10.1. The van der Waals surface area contributed by atoms with Gasteiger partial charge in [0.2, 0.25) is 5.78 Å². The first-order valence-corrected chi connectivity index (χ1v) is 8.62. The van der Waals surface area contributed by atoms with Gasteiger partial charge >= 0.3 is 5.97 Å². The first-order valence-electron chi connectivity index (χ1n) is 7.83. The molecule has 0 spiro atoms. The molecule has 26 heavy (non-hydrogen) atoms. The van der Waals surface area contributed by atoms with Crippen LogP contribution in [0.2, 0.25) is 0 Å². The molecule has 0 fully saturated rings. The summed E-state index contributed by atoms with van der Waals surface area (Å²) in [6.07, 6.45) is 1.59.